The van der Waals surface area contributed by atoms with Crippen LogP contribution in [0.15, 0.2) is 27.9 Å². The summed E-state index contributed by atoms with van der Waals surface area (Å²) in [5.74, 6) is 1.42. The molecule has 2 heterocycles. The quantitative estimate of drug-likeness (QED) is 0.860. The molecule has 0 amide bonds. The summed E-state index contributed by atoms with van der Waals surface area (Å²) in [5.41, 5.74) is 1.31. The number of aromatic nitrogens is 3. The molecule has 0 fully saturated rings. The minimum Gasteiger partial charge on any atom is -0.374 e. The van der Waals surface area contributed by atoms with Gasteiger partial charge in [-0.15, -0.1) is 0 Å². The molecule has 0 saturated heterocycles. The largest absolute Gasteiger partial charge is 0.374 e. The van der Waals surface area contributed by atoms with Gasteiger partial charge >= 0.3 is 0 Å². The number of anilines is 2. The Morgan fingerprint density at radius 2 is 1.64 bits per heavy atom. The molecule has 120 valence electrons. The van der Waals surface area contributed by atoms with Crippen LogP contribution < -0.4 is 21.8 Å². The van der Waals surface area contributed by atoms with E-state index in [1.807, 2.05) is 26.1 Å². The van der Waals surface area contributed by atoms with Crippen molar-refractivity contribution in [3.05, 3.63) is 50.2 Å². The van der Waals surface area contributed by atoms with Gasteiger partial charge in [0.2, 0.25) is 5.95 Å². The van der Waals surface area contributed by atoms with Gasteiger partial charge in [-0.25, -0.2) is 0 Å². The fraction of sp³-hybridized carbons (Fsp3) is 0.400. The van der Waals surface area contributed by atoms with Gasteiger partial charge < -0.3 is 15.2 Å². The Morgan fingerprint density at radius 3 is 2.18 bits per heavy atom. The first-order valence-electron chi connectivity index (χ1n) is 6.88. The molecular formula is C15H23N5O2. The van der Waals surface area contributed by atoms with Gasteiger partial charge in [0.25, 0.3) is 11.1 Å². The van der Waals surface area contributed by atoms with E-state index in [9.17, 15) is 9.59 Å². The van der Waals surface area contributed by atoms with Crippen molar-refractivity contribution in [2.24, 2.45) is 14.1 Å². The normalized spacial score (nSPS) is 9.73. The second-order valence-electron chi connectivity index (χ2n) is 4.93. The Hall–Kier alpha value is -2.57. The second kappa shape index (κ2) is 7.44. The van der Waals surface area contributed by atoms with E-state index < -0.39 is 0 Å². The number of nitrogens with zero attached hydrogens (tertiary/aromatic N) is 3. The molecule has 0 aliphatic heterocycles. The lowest BCUT2D eigenvalue weighted by Gasteiger charge is -2.06. The van der Waals surface area contributed by atoms with Crippen LogP contribution in [0.5, 0.6) is 0 Å². The van der Waals surface area contributed by atoms with E-state index in [0.717, 1.165) is 11.4 Å². The molecule has 2 aromatic rings. The molecule has 7 heteroatoms. The van der Waals surface area contributed by atoms with Crippen LogP contribution in [0.2, 0.25) is 0 Å². The van der Waals surface area contributed by atoms with Crippen LogP contribution in [0.1, 0.15) is 11.1 Å². The minimum absolute atomic E-state index is 0.0526. The molecule has 0 saturated carbocycles. The predicted octanol–water partition coefficient (Wildman–Crippen LogP) is 0.866. The van der Waals surface area contributed by atoms with Crippen molar-refractivity contribution in [2.45, 2.75) is 13.8 Å². The summed E-state index contributed by atoms with van der Waals surface area (Å²) in [5, 5.41) is 5.74. The van der Waals surface area contributed by atoms with E-state index in [1.165, 1.54) is 0 Å². The zero-order valence-corrected chi connectivity index (χ0v) is 13.9. The summed E-state index contributed by atoms with van der Waals surface area (Å²) in [6, 6.07) is 3.70. The van der Waals surface area contributed by atoms with Gasteiger partial charge in [-0.3, -0.25) is 14.2 Å². The molecule has 0 radical (unpaired) electrons. The van der Waals surface area contributed by atoms with Crippen molar-refractivity contribution in [1.82, 2.24) is 14.1 Å². The van der Waals surface area contributed by atoms with Gasteiger partial charge in [-0.05, 0) is 19.9 Å². The zero-order chi connectivity index (χ0) is 16.9. The molecule has 2 N–H and O–H groups in total. The lowest BCUT2D eigenvalue weighted by atomic mass is 10.3. The Balaban J connectivity index is 0.000000220. The SMILES string of the molecule is CNc1ccc(C)c(=O)n1C.CNc1nc(=O)c(C)cn1C. The van der Waals surface area contributed by atoms with Crippen molar-refractivity contribution in [2.75, 3.05) is 24.7 Å². The van der Waals surface area contributed by atoms with Gasteiger partial charge in [0, 0.05) is 45.5 Å². The van der Waals surface area contributed by atoms with Crippen molar-refractivity contribution in [1.29, 1.82) is 0 Å². The number of hydrogen-bond donors (Lipinski definition) is 2. The minimum atomic E-state index is -0.174. The van der Waals surface area contributed by atoms with Gasteiger partial charge in [0.1, 0.15) is 5.82 Å². The van der Waals surface area contributed by atoms with Crippen molar-refractivity contribution in [3.8, 4) is 0 Å². The number of rotatable bonds is 2. The first-order valence-corrected chi connectivity index (χ1v) is 6.88. The van der Waals surface area contributed by atoms with Gasteiger partial charge in [0.05, 0.1) is 0 Å². The number of hydrogen-bond acceptors (Lipinski definition) is 5. The molecule has 0 atom stereocenters. The Morgan fingerprint density at radius 1 is 1.00 bits per heavy atom. The predicted molar refractivity (Wildman–Crippen MR) is 89.7 cm³/mol. The van der Waals surface area contributed by atoms with Crippen LogP contribution in [0, 0.1) is 13.8 Å². The monoisotopic (exact) mass is 305 g/mol. The third-order valence-corrected chi connectivity index (χ3v) is 3.24. The highest BCUT2D eigenvalue weighted by molar-refractivity contribution is 5.36. The topological polar surface area (TPSA) is 81.0 Å². The summed E-state index contributed by atoms with van der Waals surface area (Å²) in [6.45, 7) is 3.55. The molecule has 0 aliphatic rings. The van der Waals surface area contributed by atoms with Crippen molar-refractivity contribution in [3.63, 3.8) is 0 Å². The van der Waals surface area contributed by atoms with Crippen LogP contribution in [0.25, 0.3) is 0 Å². The molecule has 0 aromatic carbocycles. The fourth-order valence-corrected chi connectivity index (χ4v) is 1.91. The van der Waals surface area contributed by atoms with Crippen molar-refractivity contribution >= 4 is 11.8 Å². The number of aryl methyl sites for hydroxylation is 3. The second-order valence-corrected chi connectivity index (χ2v) is 4.93. The Labute approximate surface area is 129 Å². The van der Waals surface area contributed by atoms with E-state index in [1.54, 1.807) is 43.4 Å². The third-order valence-electron chi connectivity index (χ3n) is 3.24. The summed E-state index contributed by atoms with van der Waals surface area (Å²) >= 11 is 0. The van der Waals surface area contributed by atoms with E-state index in [0.29, 0.717) is 11.5 Å². The van der Waals surface area contributed by atoms with E-state index in [2.05, 4.69) is 15.6 Å². The smallest absolute Gasteiger partial charge is 0.277 e. The Bertz CT molecular complexity index is 760. The highest BCUT2D eigenvalue weighted by Gasteiger charge is 1.99. The summed E-state index contributed by atoms with van der Waals surface area (Å²) in [4.78, 5) is 26.0. The molecule has 22 heavy (non-hydrogen) atoms. The average molecular weight is 305 g/mol. The zero-order valence-electron chi connectivity index (χ0n) is 13.9. The standard InChI is InChI=1S/C8H12N2O.C7H11N3O/c1-6-4-5-7(9-2)10(3)8(6)11;1-5-4-10(3)7(8-2)9-6(5)11/h4-5,9H,1-3H3;4H,1-3H3,(H,8,9,11). The number of pyridine rings is 1. The Kier molecular flexibility index (Phi) is 5.91. The fourth-order valence-electron chi connectivity index (χ4n) is 1.91. The molecule has 0 unspecified atom stereocenters. The molecule has 7 nitrogen and oxygen atoms in total. The van der Waals surface area contributed by atoms with Gasteiger partial charge in [-0.1, -0.05) is 6.07 Å². The maximum absolute atomic E-state index is 11.3. The van der Waals surface area contributed by atoms with Gasteiger partial charge in [-0.2, -0.15) is 4.98 Å². The highest BCUT2D eigenvalue weighted by Crippen LogP contribution is 2.01. The molecule has 0 spiro atoms. The maximum atomic E-state index is 11.3. The van der Waals surface area contributed by atoms with E-state index in [4.69, 9.17) is 0 Å². The van der Waals surface area contributed by atoms with Crippen LogP contribution >= 0.6 is 0 Å². The maximum Gasteiger partial charge on any atom is 0.277 e. The average Bonchev–Trinajstić information content (AvgIpc) is 2.49. The molecular weight excluding hydrogens is 282 g/mol. The first kappa shape index (κ1) is 17.5. The molecule has 0 bridgehead atoms. The van der Waals surface area contributed by atoms with Gasteiger partial charge in [0.15, 0.2) is 0 Å². The van der Waals surface area contributed by atoms with Crippen LogP contribution in [0.3, 0.4) is 0 Å². The molecule has 2 rings (SSSR count). The summed E-state index contributed by atoms with van der Waals surface area (Å²) < 4.78 is 3.37. The van der Waals surface area contributed by atoms with Crippen LogP contribution in [0.4, 0.5) is 11.8 Å². The highest BCUT2D eigenvalue weighted by atomic mass is 16.1. The van der Waals surface area contributed by atoms with Crippen molar-refractivity contribution < 1.29 is 0 Å². The molecule has 0 aliphatic carbocycles. The summed E-state index contributed by atoms with van der Waals surface area (Å²) in [6.07, 6.45) is 1.75. The van der Waals surface area contributed by atoms with E-state index >= 15 is 0 Å². The third kappa shape index (κ3) is 3.97. The lowest BCUT2D eigenvalue weighted by molar-refractivity contribution is 0.850. The first-order chi connectivity index (χ1) is 10.3. The number of nitrogens with one attached hydrogen (secondary N) is 2. The summed E-state index contributed by atoms with van der Waals surface area (Å²) in [7, 11) is 7.12. The van der Waals surface area contributed by atoms with Crippen LogP contribution in [-0.4, -0.2) is 28.2 Å². The van der Waals surface area contributed by atoms with Crippen LogP contribution in [-0.2, 0) is 14.1 Å². The molecule has 2 aromatic heterocycles. The van der Waals surface area contributed by atoms with E-state index in [-0.39, 0.29) is 11.1 Å². The lowest BCUT2D eigenvalue weighted by Crippen LogP contribution is -2.20.